The Morgan fingerprint density at radius 1 is 1.26 bits per heavy atom. The molecule has 0 aliphatic carbocycles. The minimum Gasteiger partial charge on any atom is -0.271 e. The van der Waals surface area contributed by atoms with Crippen LogP contribution in [0.25, 0.3) is 0 Å². The number of rotatable bonds is 5. The number of non-ortho nitro benzene ring substituents is 1. The molecule has 27 heavy (non-hydrogen) atoms. The summed E-state index contributed by atoms with van der Waals surface area (Å²) in [5, 5.41) is 20.1. The second-order valence-electron chi connectivity index (χ2n) is 5.73. The molecule has 136 valence electrons. The first-order valence-corrected chi connectivity index (χ1v) is 7.99. The first kappa shape index (κ1) is 17.9. The first-order chi connectivity index (χ1) is 13.0. The lowest BCUT2D eigenvalue weighted by atomic mass is 10.1. The molecular weight excluding hydrogens is 350 g/mol. The highest BCUT2D eigenvalue weighted by Gasteiger charge is 2.33. The van der Waals surface area contributed by atoms with E-state index in [1.165, 1.54) is 29.4 Å². The highest BCUT2D eigenvalue weighted by Crippen LogP contribution is 2.22. The summed E-state index contributed by atoms with van der Waals surface area (Å²) in [6.07, 6.45) is 1.29. The van der Waals surface area contributed by atoms with Crippen molar-refractivity contribution in [3.05, 3.63) is 70.3 Å². The molecule has 0 bridgehead atoms. The van der Waals surface area contributed by atoms with Crippen LogP contribution in [0.5, 0.6) is 0 Å². The molecule has 0 aromatic heterocycles. The van der Waals surface area contributed by atoms with Gasteiger partial charge in [0.1, 0.15) is 5.92 Å². The molecule has 9 nitrogen and oxygen atoms in total. The van der Waals surface area contributed by atoms with Crippen molar-refractivity contribution in [2.45, 2.75) is 6.92 Å². The number of anilines is 1. The van der Waals surface area contributed by atoms with Crippen LogP contribution in [0.2, 0.25) is 0 Å². The maximum Gasteiger partial charge on any atom is 0.271 e. The molecule has 0 unspecified atom stereocenters. The summed E-state index contributed by atoms with van der Waals surface area (Å²) < 4.78 is 0. The van der Waals surface area contributed by atoms with Crippen LogP contribution in [0.15, 0.2) is 64.8 Å². The van der Waals surface area contributed by atoms with Crippen LogP contribution in [0.3, 0.4) is 0 Å². The van der Waals surface area contributed by atoms with E-state index in [4.69, 9.17) is 0 Å². The predicted molar refractivity (Wildman–Crippen MR) is 99.6 cm³/mol. The van der Waals surface area contributed by atoms with Crippen molar-refractivity contribution in [3.8, 4) is 0 Å². The molecule has 1 aliphatic rings. The van der Waals surface area contributed by atoms with Gasteiger partial charge < -0.3 is 0 Å². The second-order valence-corrected chi connectivity index (χ2v) is 5.73. The lowest BCUT2D eigenvalue weighted by molar-refractivity contribution is -0.384. The zero-order chi connectivity index (χ0) is 19.4. The standard InChI is InChI=1S/C18H15N5O4/c1-12-16(18(25)22(21-12)14-7-3-2-4-8-14)11-19-20-17(24)13-6-5-9-15(10-13)23(26)27/h2-11,16H,1H3,(H,20,24)/b19-11-/t16-/m0/s1. The Morgan fingerprint density at radius 2 is 2.00 bits per heavy atom. The van der Waals surface area contributed by atoms with Gasteiger partial charge in [0.25, 0.3) is 17.5 Å². The van der Waals surface area contributed by atoms with Crippen molar-refractivity contribution in [1.82, 2.24) is 5.43 Å². The maximum atomic E-state index is 12.5. The predicted octanol–water partition coefficient (Wildman–Crippen LogP) is 2.35. The number of hydrazone groups is 2. The van der Waals surface area contributed by atoms with E-state index in [2.05, 4.69) is 15.6 Å². The molecule has 1 atom stereocenters. The Kier molecular flexibility index (Phi) is 5.02. The number of benzene rings is 2. The van der Waals surface area contributed by atoms with E-state index in [9.17, 15) is 19.7 Å². The molecule has 2 amide bonds. The number of carbonyl (C=O) groups excluding carboxylic acids is 2. The third kappa shape index (κ3) is 3.87. The van der Waals surface area contributed by atoms with Crippen molar-refractivity contribution in [2.75, 3.05) is 5.01 Å². The average molecular weight is 365 g/mol. The molecule has 0 spiro atoms. The number of nitro groups is 1. The van der Waals surface area contributed by atoms with E-state index in [0.29, 0.717) is 11.4 Å². The smallest absolute Gasteiger partial charge is 0.271 e. The van der Waals surface area contributed by atoms with Crippen molar-refractivity contribution in [3.63, 3.8) is 0 Å². The van der Waals surface area contributed by atoms with Crippen LogP contribution < -0.4 is 10.4 Å². The largest absolute Gasteiger partial charge is 0.271 e. The summed E-state index contributed by atoms with van der Waals surface area (Å²) in [4.78, 5) is 34.8. The zero-order valence-corrected chi connectivity index (χ0v) is 14.3. The van der Waals surface area contributed by atoms with Crippen LogP contribution in [0.1, 0.15) is 17.3 Å². The van der Waals surface area contributed by atoms with Crippen molar-refractivity contribution in [2.24, 2.45) is 16.1 Å². The number of nitrogens with one attached hydrogen (secondary N) is 1. The van der Waals surface area contributed by atoms with Gasteiger partial charge in [0, 0.05) is 23.9 Å². The number of hydrogen-bond donors (Lipinski definition) is 1. The summed E-state index contributed by atoms with van der Waals surface area (Å²) >= 11 is 0. The Morgan fingerprint density at radius 3 is 2.70 bits per heavy atom. The Balaban J connectivity index is 1.67. The van der Waals surface area contributed by atoms with Gasteiger partial charge >= 0.3 is 0 Å². The van der Waals surface area contributed by atoms with Gasteiger partial charge in [-0.05, 0) is 25.1 Å². The number of nitro benzene ring substituents is 1. The third-order valence-electron chi connectivity index (χ3n) is 3.89. The number of hydrogen-bond acceptors (Lipinski definition) is 6. The number of nitrogens with zero attached hydrogens (tertiary/aromatic N) is 4. The average Bonchev–Trinajstić information content (AvgIpc) is 2.97. The summed E-state index contributed by atoms with van der Waals surface area (Å²) in [5.74, 6) is -1.60. The molecule has 2 aromatic rings. The van der Waals surface area contributed by atoms with Gasteiger partial charge in [-0.25, -0.2) is 5.43 Å². The maximum absolute atomic E-state index is 12.5. The van der Waals surface area contributed by atoms with Crippen molar-refractivity contribution < 1.29 is 14.5 Å². The topological polar surface area (TPSA) is 117 Å². The molecule has 2 aromatic carbocycles. The molecule has 0 fully saturated rings. The van der Waals surface area contributed by atoms with Crippen LogP contribution in [-0.4, -0.2) is 28.7 Å². The molecule has 0 radical (unpaired) electrons. The minimum absolute atomic E-state index is 0.0930. The molecule has 9 heteroatoms. The molecule has 3 rings (SSSR count). The highest BCUT2D eigenvalue weighted by atomic mass is 16.6. The second kappa shape index (κ2) is 7.56. The van der Waals surface area contributed by atoms with Gasteiger partial charge in [-0.15, -0.1) is 0 Å². The van der Waals surface area contributed by atoms with Crippen molar-refractivity contribution in [1.29, 1.82) is 0 Å². The Hall–Kier alpha value is -3.88. The Bertz CT molecular complexity index is 955. The van der Waals surface area contributed by atoms with E-state index in [0.717, 1.165) is 6.07 Å². The van der Waals surface area contributed by atoms with Gasteiger partial charge in [0.05, 0.1) is 16.3 Å². The lowest BCUT2D eigenvalue weighted by Gasteiger charge is -2.12. The van der Waals surface area contributed by atoms with E-state index < -0.39 is 16.7 Å². The van der Waals surface area contributed by atoms with Gasteiger partial charge in [-0.1, -0.05) is 24.3 Å². The van der Waals surface area contributed by atoms with Gasteiger partial charge in [0.15, 0.2) is 0 Å². The van der Waals surface area contributed by atoms with Crippen LogP contribution >= 0.6 is 0 Å². The SMILES string of the molecule is CC1=NN(c2ccccc2)C(=O)[C@H]1/C=N\NC(=O)c1cccc([N+](=O)[O-])c1. The summed E-state index contributed by atoms with van der Waals surface area (Å²) in [6.45, 7) is 1.69. The molecular formula is C18H15N5O4. The van der Waals surface area contributed by atoms with Gasteiger partial charge in [-0.2, -0.15) is 15.2 Å². The van der Waals surface area contributed by atoms with Crippen LogP contribution in [-0.2, 0) is 4.79 Å². The summed E-state index contributed by atoms with van der Waals surface area (Å²) in [5.41, 5.74) is 3.34. The molecule has 0 saturated heterocycles. The molecule has 1 aliphatic heterocycles. The molecule has 0 saturated carbocycles. The van der Waals surface area contributed by atoms with E-state index in [1.807, 2.05) is 6.07 Å². The Labute approximate surface area is 154 Å². The lowest BCUT2D eigenvalue weighted by Crippen LogP contribution is -2.29. The van der Waals surface area contributed by atoms with Crippen LogP contribution in [0, 0.1) is 16.0 Å². The van der Waals surface area contributed by atoms with E-state index in [1.54, 1.807) is 31.2 Å². The van der Waals surface area contributed by atoms with Crippen LogP contribution in [0.4, 0.5) is 11.4 Å². The van der Waals surface area contributed by atoms with Gasteiger partial charge in [-0.3, -0.25) is 19.7 Å². The fraction of sp³-hybridized carbons (Fsp3) is 0.111. The molecule has 1 N–H and O–H groups in total. The number of carbonyl (C=O) groups is 2. The quantitative estimate of drug-likeness (QED) is 0.497. The fourth-order valence-electron chi connectivity index (χ4n) is 2.50. The number of para-hydroxylation sites is 1. The van der Waals surface area contributed by atoms with Gasteiger partial charge in [0.2, 0.25) is 0 Å². The monoisotopic (exact) mass is 365 g/mol. The summed E-state index contributed by atoms with van der Waals surface area (Å²) in [6, 6.07) is 14.2. The zero-order valence-electron chi connectivity index (χ0n) is 14.3. The number of amides is 2. The normalized spacial score (nSPS) is 16.5. The van der Waals surface area contributed by atoms with Crippen molar-refractivity contribution >= 4 is 35.1 Å². The fourth-order valence-corrected chi connectivity index (χ4v) is 2.50. The highest BCUT2D eigenvalue weighted by molar-refractivity contribution is 6.23. The minimum atomic E-state index is -0.699. The third-order valence-corrected chi connectivity index (χ3v) is 3.89. The first-order valence-electron chi connectivity index (χ1n) is 7.99. The van der Waals surface area contributed by atoms with E-state index >= 15 is 0 Å². The summed E-state index contributed by atoms with van der Waals surface area (Å²) in [7, 11) is 0. The van der Waals surface area contributed by atoms with E-state index in [-0.39, 0.29) is 17.2 Å². The molecule has 1 heterocycles.